The molecule has 0 spiro atoms. The zero-order valence-corrected chi connectivity index (χ0v) is 26.1. The molecule has 1 saturated carbocycles. The molecule has 1 N–H and O–H groups in total. The number of halogens is 3. The molecule has 1 aromatic carbocycles. The lowest BCUT2D eigenvalue weighted by Gasteiger charge is -2.35. The van der Waals surface area contributed by atoms with Crippen LogP contribution < -0.4 is 10.1 Å². The van der Waals surface area contributed by atoms with E-state index in [-0.39, 0.29) is 35.7 Å². The first-order valence-corrected chi connectivity index (χ1v) is 15.4. The summed E-state index contributed by atoms with van der Waals surface area (Å²) < 4.78 is 57.8. The highest BCUT2D eigenvalue weighted by Gasteiger charge is 2.55. The highest BCUT2D eigenvalue weighted by Crippen LogP contribution is 2.50. The maximum atomic E-state index is 15.9. The number of aromatic nitrogens is 2. The SMILES string of the molecule is CC[C@@H]1[C@@H]2CN(C(=O)[C@H](C(C)(C)C)NC(=O)O[C@]3(C)C[C@H]3CCCCC(F)(F)c3nc4ccc(F)cc4nc3O2)[C@@H]1C(C)=O. The van der Waals surface area contributed by atoms with E-state index < -0.39 is 76.9 Å². The largest absolute Gasteiger partial charge is 0.471 e. The van der Waals surface area contributed by atoms with Crippen molar-refractivity contribution in [3.05, 3.63) is 29.7 Å². The van der Waals surface area contributed by atoms with E-state index in [9.17, 15) is 18.8 Å². The lowest BCUT2D eigenvalue weighted by Crippen LogP contribution is -2.57. The Morgan fingerprint density at radius 3 is 2.55 bits per heavy atom. The molecule has 3 heterocycles. The minimum Gasteiger partial charge on any atom is -0.471 e. The van der Waals surface area contributed by atoms with Gasteiger partial charge in [0.1, 0.15) is 23.6 Å². The van der Waals surface area contributed by atoms with E-state index >= 15 is 8.78 Å². The molecule has 5 rings (SSSR count). The number of hydrogen-bond donors (Lipinski definition) is 1. The van der Waals surface area contributed by atoms with Crippen LogP contribution in [0.5, 0.6) is 5.88 Å². The molecule has 1 aliphatic carbocycles. The summed E-state index contributed by atoms with van der Waals surface area (Å²) in [5.41, 5.74) is -2.02. The molecule has 2 fully saturated rings. The van der Waals surface area contributed by atoms with Gasteiger partial charge in [0.2, 0.25) is 11.8 Å². The van der Waals surface area contributed by atoms with E-state index in [0.717, 1.165) is 12.1 Å². The highest BCUT2D eigenvalue weighted by molar-refractivity contribution is 5.92. The summed E-state index contributed by atoms with van der Waals surface area (Å²) in [4.78, 5) is 50.2. The van der Waals surface area contributed by atoms with Crippen LogP contribution in [0.25, 0.3) is 11.0 Å². The smallest absolute Gasteiger partial charge is 0.408 e. The summed E-state index contributed by atoms with van der Waals surface area (Å²) in [6.45, 7) is 10.3. The summed E-state index contributed by atoms with van der Waals surface area (Å²) in [6.07, 6.45) is 0.0533. The van der Waals surface area contributed by atoms with Crippen molar-refractivity contribution < 1.29 is 37.0 Å². The molecule has 2 aromatic rings. The Kier molecular flexibility index (Phi) is 8.35. The van der Waals surface area contributed by atoms with Gasteiger partial charge in [-0.3, -0.25) is 9.59 Å². The summed E-state index contributed by atoms with van der Waals surface area (Å²) in [5.74, 6) is -5.84. The number of nitrogens with one attached hydrogen (secondary N) is 1. The van der Waals surface area contributed by atoms with Crippen LogP contribution in [0.15, 0.2) is 18.2 Å². The van der Waals surface area contributed by atoms with E-state index in [0.29, 0.717) is 25.7 Å². The van der Waals surface area contributed by atoms with Crippen LogP contribution in [0.1, 0.15) is 85.8 Å². The first-order valence-electron chi connectivity index (χ1n) is 15.4. The molecular formula is C32H41F3N4O5. The predicted molar refractivity (Wildman–Crippen MR) is 156 cm³/mol. The molecule has 3 aliphatic rings. The molecule has 6 atom stereocenters. The zero-order valence-electron chi connectivity index (χ0n) is 26.1. The van der Waals surface area contributed by atoms with Crippen molar-refractivity contribution in [1.82, 2.24) is 20.2 Å². The molecule has 9 nitrogen and oxygen atoms in total. The third kappa shape index (κ3) is 6.21. The van der Waals surface area contributed by atoms with Crippen LogP contribution in [0.3, 0.4) is 0 Å². The fourth-order valence-electron chi connectivity index (χ4n) is 6.70. The van der Waals surface area contributed by atoms with Gasteiger partial charge < -0.3 is 19.7 Å². The van der Waals surface area contributed by atoms with E-state index in [2.05, 4.69) is 15.3 Å². The Morgan fingerprint density at radius 2 is 1.89 bits per heavy atom. The van der Waals surface area contributed by atoms with Gasteiger partial charge in [-0.1, -0.05) is 34.1 Å². The molecule has 1 saturated heterocycles. The van der Waals surface area contributed by atoms with Crippen molar-refractivity contribution in [2.24, 2.45) is 17.3 Å². The minimum absolute atomic E-state index is 0.00513. The number of rotatable bonds is 2. The maximum absolute atomic E-state index is 15.9. The van der Waals surface area contributed by atoms with Gasteiger partial charge in [-0.2, -0.15) is 8.78 Å². The van der Waals surface area contributed by atoms with Crippen molar-refractivity contribution >= 4 is 28.8 Å². The lowest BCUT2D eigenvalue weighted by molar-refractivity contribution is -0.141. The number of alkyl halides is 2. The standard InChI is InChI=1S/C32H41F3N4O5/c1-7-20-23-16-39(24(20)17(2)40)28(41)26(30(3,4)5)38-29(42)44-31(6)15-18(31)10-8-9-13-32(34,35)25-27(43-23)37-22-14-19(33)11-12-21(22)36-25/h11-12,14,18,20,23-24,26H,7-10,13,15-16H2,1-6H3,(H,38,42)/t18-,20-,23+,24-,26-,31-/m1/s1. The molecule has 2 amide bonds. The van der Waals surface area contributed by atoms with Gasteiger partial charge in [0.25, 0.3) is 5.92 Å². The third-order valence-corrected chi connectivity index (χ3v) is 9.32. The van der Waals surface area contributed by atoms with E-state index in [4.69, 9.17) is 9.47 Å². The molecule has 2 bridgehead atoms. The van der Waals surface area contributed by atoms with Crippen LogP contribution in [-0.4, -0.2) is 63.0 Å². The molecule has 0 radical (unpaired) electrons. The first kappa shape index (κ1) is 32.0. The van der Waals surface area contributed by atoms with Crippen molar-refractivity contribution in [3.8, 4) is 5.88 Å². The highest BCUT2D eigenvalue weighted by atomic mass is 19.3. The topological polar surface area (TPSA) is 111 Å². The van der Waals surface area contributed by atoms with E-state index in [1.807, 2.05) is 6.92 Å². The number of hydrogen-bond acceptors (Lipinski definition) is 7. The molecule has 12 heteroatoms. The normalized spacial score (nSPS) is 31.1. The van der Waals surface area contributed by atoms with Gasteiger partial charge in [0.15, 0.2) is 11.5 Å². The minimum atomic E-state index is -3.42. The van der Waals surface area contributed by atoms with Gasteiger partial charge in [-0.15, -0.1) is 0 Å². The Balaban J connectivity index is 1.60. The van der Waals surface area contributed by atoms with Crippen LogP contribution in [0.2, 0.25) is 0 Å². The van der Waals surface area contributed by atoms with E-state index in [1.165, 1.54) is 17.9 Å². The number of amides is 2. The number of Topliss-reactive ketones (excluding diaryl/α,β-unsaturated/α-hetero) is 1. The second-order valence-corrected chi connectivity index (χ2v) is 13.8. The average Bonchev–Trinajstić information content (AvgIpc) is 3.40. The number of benzene rings is 1. The van der Waals surface area contributed by atoms with Crippen molar-refractivity contribution in [3.63, 3.8) is 0 Å². The summed E-state index contributed by atoms with van der Waals surface area (Å²) in [6, 6.07) is 1.55. The summed E-state index contributed by atoms with van der Waals surface area (Å²) in [5, 5.41) is 2.76. The Bertz CT molecular complexity index is 1460. The van der Waals surface area contributed by atoms with Crippen LogP contribution >= 0.6 is 0 Å². The van der Waals surface area contributed by atoms with E-state index in [1.54, 1.807) is 27.7 Å². The van der Waals surface area contributed by atoms with Gasteiger partial charge in [-0.25, -0.2) is 19.2 Å². The number of fused-ring (bicyclic) bond motifs is 5. The average molecular weight is 619 g/mol. The Labute approximate surface area is 255 Å². The number of carbonyl (C=O) groups is 3. The van der Waals surface area contributed by atoms with Gasteiger partial charge in [0.05, 0.1) is 23.6 Å². The predicted octanol–water partition coefficient (Wildman–Crippen LogP) is 5.93. The molecule has 240 valence electrons. The van der Waals surface area contributed by atoms with Crippen molar-refractivity contribution in [2.75, 3.05) is 6.54 Å². The fourth-order valence-corrected chi connectivity index (χ4v) is 6.70. The second-order valence-electron chi connectivity index (χ2n) is 13.8. The number of alkyl carbamates (subject to hydrolysis) is 1. The number of carbonyl (C=O) groups excluding carboxylic acids is 3. The lowest BCUT2D eigenvalue weighted by atomic mass is 9.85. The summed E-state index contributed by atoms with van der Waals surface area (Å²) in [7, 11) is 0. The van der Waals surface area contributed by atoms with Gasteiger partial charge in [-0.05, 0) is 57.1 Å². The molecular weight excluding hydrogens is 577 g/mol. The quantitative estimate of drug-likeness (QED) is 0.444. The maximum Gasteiger partial charge on any atom is 0.408 e. The second kappa shape index (κ2) is 11.5. The number of nitrogens with zero attached hydrogens (tertiary/aromatic N) is 3. The van der Waals surface area contributed by atoms with Gasteiger partial charge in [0, 0.05) is 24.3 Å². The van der Waals surface area contributed by atoms with Crippen LogP contribution in [0.4, 0.5) is 18.0 Å². The Hall–Kier alpha value is -3.44. The van der Waals surface area contributed by atoms with Crippen LogP contribution in [-0.2, 0) is 20.2 Å². The number of ketones is 1. The molecule has 1 aromatic heterocycles. The molecule has 0 unspecified atom stereocenters. The number of ether oxygens (including phenoxy) is 2. The van der Waals surface area contributed by atoms with Crippen LogP contribution in [0, 0.1) is 23.1 Å². The fraction of sp³-hybridized carbons (Fsp3) is 0.656. The first-order chi connectivity index (χ1) is 20.5. The summed E-state index contributed by atoms with van der Waals surface area (Å²) >= 11 is 0. The van der Waals surface area contributed by atoms with Crippen molar-refractivity contribution in [2.45, 2.75) is 110 Å². The third-order valence-electron chi connectivity index (χ3n) is 9.32. The zero-order chi connectivity index (χ0) is 32.2. The van der Waals surface area contributed by atoms with Gasteiger partial charge >= 0.3 is 6.09 Å². The molecule has 2 aliphatic heterocycles. The Morgan fingerprint density at radius 1 is 1.16 bits per heavy atom. The monoisotopic (exact) mass is 618 g/mol. The molecule has 44 heavy (non-hydrogen) atoms. The van der Waals surface area contributed by atoms with Crippen molar-refractivity contribution in [1.29, 1.82) is 0 Å².